The van der Waals surface area contributed by atoms with E-state index in [2.05, 4.69) is 34.6 Å². The van der Waals surface area contributed by atoms with E-state index in [0.29, 0.717) is 25.7 Å². The van der Waals surface area contributed by atoms with Gasteiger partial charge < -0.3 is 33.8 Å². The Morgan fingerprint density at radius 2 is 0.622 bits per heavy atom. The maximum absolute atomic E-state index is 12.9. The zero-order valence-electron chi connectivity index (χ0n) is 47.0. The summed E-state index contributed by atoms with van der Waals surface area (Å²) in [5.74, 6) is -1.41. The Hall–Kier alpha value is -1.94. The molecule has 2 unspecified atom stereocenters. The molecule has 0 radical (unpaired) electrons. The molecule has 0 spiro atoms. The molecular formula is C55H106O17P2. The van der Waals surface area contributed by atoms with E-state index < -0.39 is 97.5 Å². The van der Waals surface area contributed by atoms with Gasteiger partial charge in [-0.25, -0.2) is 9.13 Å². The number of phosphoric acid groups is 2. The van der Waals surface area contributed by atoms with E-state index in [-0.39, 0.29) is 25.7 Å². The lowest BCUT2D eigenvalue weighted by Gasteiger charge is -2.21. The van der Waals surface area contributed by atoms with Crippen LogP contribution in [-0.2, 0) is 65.4 Å². The fourth-order valence-electron chi connectivity index (χ4n) is 7.99. The smallest absolute Gasteiger partial charge is 0.462 e. The van der Waals surface area contributed by atoms with Crippen molar-refractivity contribution in [3.8, 4) is 0 Å². The van der Waals surface area contributed by atoms with Gasteiger partial charge in [0.15, 0.2) is 12.2 Å². The predicted octanol–water partition coefficient (Wildman–Crippen LogP) is 14.3. The first kappa shape index (κ1) is 72.1. The normalized spacial score (nSPS) is 14.5. The number of esters is 4. The molecule has 0 amide bonds. The zero-order chi connectivity index (χ0) is 55.0. The zero-order valence-corrected chi connectivity index (χ0v) is 48.7. The maximum Gasteiger partial charge on any atom is 0.472 e. The first-order chi connectivity index (χ1) is 35.5. The SMILES string of the molecule is CCCCCCCCCC(=O)OC[C@H](COP(=O)(O)OC[C@H](O)COP(=O)(O)OC[C@@H](COC(=O)CCCCCCCCC)OC(=O)CCCCCCCCCCCCC(C)C)OC(=O)CCCCCCCCC. The number of aliphatic hydroxyl groups is 1. The van der Waals surface area contributed by atoms with Crippen molar-refractivity contribution in [3.05, 3.63) is 0 Å². The van der Waals surface area contributed by atoms with Crippen LogP contribution in [0.5, 0.6) is 0 Å². The number of hydrogen-bond acceptors (Lipinski definition) is 15. The van der Waals surface area contributed by atoms with E-state index in [9.17, 15) is 43.2 Å². The molecule has 0 aromatic rings. The molecule has 17 nitrogen and oxygen atoms in total. The van der Waals surface area contributed by atoms with Gasteiger partial charge in [-0.1, -0.05) is 214 Å². The lowest BCUT2D eigenvalue weighted by atomic mass is 10.0. The van der Waals surface area contributed by atoms with E-state index in [4.69, 9.17) is 37.0 Å². The molecule has 0 aliphatic rings. The molecule has 3 N–H and O–H groups in total. The van der Waals surface area contributed by atoms with E-state index in [1.807, 2.05) is 0 Å². The number of ether oxygens (including phenoxy) is 4. The Morgan fingerprint density at radius 3 is 0.919 bits per heavy atom. The van der Waals surface area contributed by atoms with Crippen molar-refractivity contribution in [2.75, 3.05) is 39.6 Å². The third-order valence-corrected chi connectivity index (χ3v) is 14.4. The van der Waals surface area contributed by atoms with Crippen LogP contribution in [0.4, 0.5) is 0 Å². The van der Waals surface area contributed by atoms with Crippen LogP contribution in [0.25, 0.3) is 0 Å². The van der Waals surface area contributed by atoms with Gasteiger partial charge in [-0.15, -0.1) is 0 Å². The van der Waals surface area contributed by atoms with Crippen molar-refractivity contribution in [2.45, 2.75) is 284 Å². The minimum atomic E-state index is -4.93. The summed E-state index contributed by atoms with van der Waals surface area (Å²) >= 11 is 0. The van der Waals surface area contributed by atoms with Gasteiger partial charge in [-0.2, -0.15) is 0 Å². The van der Waals surface area contributed by atoms with E-state index in [0.717, 1.165) is 134 Å². The van der Waals surface area contributed by atoms with E-state index in [1.54, 1.807) is 0 Å². The second-order valence-electron chi connectivity index (χ2n) is 20.4. The highest BCUT2D eigenvalue weighted by molar-refractivity contribution is 7.47. The van der Waals surface area contributed by atoms with Gasteiger partial charge in [0.2, 0.25) is 0 Å². The average Bonchev–Trinajstić information content (AvgIpc) is 3.36. The van der Waals surface area contributed by atoms with Crippen molar-refractivity contribution < 1.29 is 80.2 Å². The van der Waals surface area contributed by atoms with Crippen molar-refractivity contribution in [1.82, 2.24) is 0 Å². The molecule has 438 valence electrons. The van der Waals surface area contributed by atoms with Gasteiger partial charge in [-0.05, 0) is 31.6 Å². The second-order valence-corrected chi connectivity index (χ2v) is 23.4. The van der Waals surface area contributed by atoms with Crippen LogP contribution < -0.4 is 0 Å². The third-order valence-electron chi connectivity index (χ3n) is 12.5. The molecule has 5 atom stereocenters. The fraction of sp³-hybridized carbons (Fsp3) is 0.927. The van der Waals surface area contributed by atoms with Gasteiger partial charge in [0, 0.05) is 25.7 Å². The van der Waals surface area contributed by atoms with Crippen molar-refractivity contribution in [2.24, 2.45) is 5.92 Å². The first-order valence-corrected chi connectivity index (χ1v) is 32.1. The van der Waals surface area contributed by atoms with Crippen LogP contribution in [0.15, 0.2) is 0 Å². The largest absolute Gasteiger partial charge is 0.472 e. The number of unbranched alkanes of at least 4 members (excludes halogenated alkanes) is 27. The van der Waals surface area contributed by atoms with Crippen LogP contribution in [0.3, 0.4) is 0 Å². The van der Waals surface area contributed by atoms with Crippen LogP contribution in [0, 0.1) is 5.92 Å². The summed E-state index contributed by atoms with van der Waals surface area (Å²) in [6.07, 6.45) is 29.7. The molecule has 0 aromatic heterocycles. The lowest BCUT2D eigenvalue weighted by molar-refractivity contribution is -0.161. The van der Waals surface area contributed by atoms with Crippen LogP contribution in [0.2, 0.25) is 0 Å². The van der Waals surface area contributed by atoms with Crippen molar-refractivity contribution >= 4 is 39.5 Å². The molecule has 0 heterocycles. The molecule has 0 aliphatic heterocycles. The Kier molecular flexibility index (Phi) is 48.1. The number of carbonyl (C=O) groups excluding carboxylic acids is 4. The Morgan fingerprint density at radius 1 is 0.365 bits per heavy atom. The summed E-state index contributed by atoms with van der Waals surface area (Å²) in [5, 5.41) is 10.4. The molecule has 0 bridgehead atoms. The molecule has 19 heteroatoms. The quantitative estimate of drug-likeness (QED) is 0.0222. The van der Waals surface area contributed by atoms with E-state index >= 15 is 0 Å². The van der Waals surface area contributed by atoms with Gasteiger partial charge in [0.05, 0.1) is 26.4 Å². The number of phosphoric ester groups is 2. The van der Waals surface area contributed by atoms with Crippen molar-refractivity contribution in [3.63, 3.8) is 0 Å². The average molecular weight is 1100 g/mol. The molecule has 0 rings (SSSR count). The Balaban J connectivity index is 5.16. The minimum absolute atomic E-state index is 0.103. The Labute approximate surface area is 447 Å². The monoisotopic (exact) mass is 1100 g/mol. The number of rotatable bonds is 55. The summed E-state index contributed by atoms with van der Waals surface area (Å²) in [5.41, 5.74) is 0. The predicted molar refractivity (Wildman–Crippen MR) is 289 cm³/mol. The third kappa shape index (κ3) is 49.6. The standard InChI is InChI=1S/C55H106O17P2/c1-6-9-12-15-22-28-33-38-52(57)65-44-50(71-54(59)40-35-30-24-17-14-11-8-3)46-69-73(61,62)67-42-49(56)43-68-74(63,64)70-47-51(45-66-53(58)39-34-29-23-16-13-10-7-2)72-55(60)41-36-31-26-21-19-18-20-25-27-32-37-48(4)5/h48-51,56H,6-47H2,1-5H3,(H,61,62)(H,63,64)/t49-,50+,51+/m0/s1. The second kappa shape index (κ2) is 49.4. The van der Waals surface area contributed by atoms with Gasteiger partial charge >= 0.3 is 39.5 Å². The molecule has 0 saturated carbocycles. The molecule has 74 heavy (non-hydrogen) atoms. The van der Waals surface area contributed by atoms with Crippen LogP contribution in [0.1, 0.15) is 266 Å². The Bertz CT molecular complexity index is 1470. The number of aliphatic hydroxyl groups excluding tert-OH is 1. The summed E-state index contributed by atoms with van der Waals surface area (Å²) in [4.78, 5) is 71.4. The van der Waals surface area contributed by atoms with E-state index in [1.165, 1.54) is 51.4 Å². The molecular weight excluding hydrogens is 995 g/mol. The fourth-order valence-corrected chi connectivity index (χ4v) is 9.57. The topological polar surface area (TPSA) is 237 Å². The highest BCUT2D eigenvalue weighted by atomic mass is 31.2. The van der Waals surface area contributed by atoms with Gasteiger partial charge in [-0.3, -0.25) is 37.3 Å². The molecule has 0 saturated heterocycles. The van der Waals surface area contributed by atoms with Crippen LogP contribution in [-0.4, -0.2) is 96.7 Å². The van der Waals surface area contributed by atoms with Gasteiger partial charge in [0.1, 0.15) is 19.3 Å². The number of carbonyl (C=O) groups is 4. The minimum Gasteiger partial charge on any atom is -0.462 e. The first-order valence-electron chi connectivity index (χ1n) is 29.1. The summed E-state index contributed by atoms with van der Waals surface area (Å²) < 4.78 is 67.3. The summed E-state index contributed by atoms with van der Waals surface area (Å²) in [6, 6.07) is 0. The molecule has 0 fully saturated rings. The van der Waals surface area contributed by atoms with Gasteiger partial charge in [0.25, 0.3) is 0 Å². The lowest BCUT2D eigenvalue weighted by Crippen LogP contribution is -2.30. The number of hydrogen-bond donors (Lipinski definition) is 3. The summed E-state index contributed by atoms with van der Waals surface area (Å²) in [6.45, 7) is 6.99. The van der Waals surface area contributed by atoms with Crippen LogP contribution >= 0.6 is 15.6 Å². The highest BCUT2D eigenvalue weighted by Gasteiger charge is 2.30. The summed E-state index contributed by atoms with van der Waals surface area (Å²) in [7, 11) is -9.85. The molecule has 0 aliphatic carbocycles. The highest BCUT2D eigenvalue weighted by Crippen LogP contribution is 2.45. The maximum atomic E-state index is 12.9. The molecule has 0 aromatic carbocycles. The van der Waals surface area contributed by atoms with Crippen molar-refractivity contribution in [1.29, 1.82) is 0 Å².